The van der Waals surface area contributed by atoms with Crippen LogP contribution in [0.1, 0.15) is 6.42 Å². The van der Waals surface area contributed by atoms with Crippen LogP contribution in [0.15, 0.2) is 12.1 Å². The Balaban J connectivity index is 2.35. The molecule has 0 aromatic heterocycles. The van der Waals surface area contributed by atoms with Crippen molar-refractivity contribution in [2.45, 2.75) is 12.5 Å². The number of rotatable bonds is 3. The molecule has 5 nitrogen and oxygen atoms in total. The van der Waals surface area contributed by atoms with E-state index in [9.17, 15) is 18.9 Å². The lowest BCUT2D eigenvalue weighted by Crippen LogP contribution is -2.34. The molecule has 1 heterocycles. The van der Waals surface area contributed by atoms with Crippen molar-refractivity contribution in [3.63, 3.8) is 0 Å². The number of nitro groups is 1. The highest BCUT2D eigenvalue weighted by Gasteiger charge is 2.26. The van der Waals surface area contributed by atoms with Gasteiger partial charge in [-0.15, -0.1) is 0 Å². The molecule has 0 radical (unpaired) electrons. The van der Waals surface area contributed by atoms with Crippen LogP contribution in [-0.4, -0.2) is 31.1 Å². The molecule has 18 heavy (non-hydrogen) atoms. The van der Waals surface area contributed by atoms with Crippen molar-refractivity contribution in [1.82, 2.24) is 5.32 Å². The maximum atomic E-state index is 13.8. The third-order valence-corrected chi connectivity index (χ3v) is 3.15. The lowest BCUT2D eigenvalue weighted by Gasteiger charge is -2.26. The van der Waals surface area contributed by atoms with Crippen LogP contribution >= 0.6 is 0 Å². The molecule has 1 aromatic rings. The fourth-order valence-corrected chi connectivity index (χ4v) is 2.15. The van der Waals surface area contributed by atoms with Crippen molar-refractivity contribution < 1.29 is 13.7 Å². The summed E-state index contributed by atoms with van der Waals surface area (Å²) >= 11 is 0. The predicted molar refractivity (Wildman–Crippen MR) is 62.7 cm³/mol. The Kier molecular flexibility index (Phi) is 3.42. The van der Waals surface area contributed by atoms with Gasteiger partial charge < -0.3 is 10.2 Å². The summed E-state index contributed by atoms with van der Waals surface area (Å²) in [5.41, 5.74) is -0.791. The van der Waals surface area contributed by atoms with Crippen LogP contribution in [0.5, 0.6) is 0 Å². The SMILES string of the molecule is CN(c1c(F)cc([N+](=O)[O-])cc1F)C1CCNC1. The molecule has 1 saturated heterocycles. The second-order valence-electron chi connectivity index (χ2n) is 4.27. The van der Waals surface area contributed by atoms with E-state index in [0.29, 0.717) is 6.54 Å². The number of nitrogens with zero attached hydrogens (tertiary/aromatic N) is 2. The van der Waals surface area contributed by atoms with Gasteiger partial charge in [-0.1, -0.05) is 0 Å². The first-order valence-electron chi connectivity index (χ1n) is 5.57. The van der Waals surface area contributed by atoms with Crippen LogP contribution in [0.3, 0.4) is 0 Å². The van der Waals surface area contributed by atoms with Crippen LogP contribution < -0.4 is 10.2 Å². The molecule has 1 fully saturated rings. The second kappa shape index (κ2) is 4.85. The molecule has 0 amide bonds. The first-order valence-corrected chi connectivity index (χ1v) is 5.57. The van der Waals surface area contributed by atoms with E-state index in [1.54, 1.807) is 7.05 Å². The van der Waals surface area contributed by atoms with Crippen LogP contribution in [-0.2, 0) is 0 Å². The molecule has 98 valence electrons. The van der Waals surface area contributed by atoms with E-state index in [1.807, 2.05) is 0 Å². The Morgan fingerprint density at radius 2 is 2.06 bits per heavy atom. The number of benzene rings is 1. The van der Waals surface area contributed by atoms with Crippen molar-refractivity contribution in [1.29, 1.82) is 0 Å². The normalized spacial score (nSPS) is 18.9. The topological polar surface area (TPSA) is 58.4 Å². The van der Waals surface area contributed by atoms with Gasteiger partial charge in [0.2, 0.25) is 0 Å². The van der Waals surface area contributed by atoms with Crippen LogP contribution in [0.25, 0.3) is 0 Å². The number of halogens is 2. The van der Waals surface area contributed by atoms with Gasteiger partial charge in [0.15, 0.2) is 11.6 Å². The molecular weight excluding hydrogens is 244 g/mol. The first-order chi connectivity index (χ1) is 8.50. The van der Waals surface area contributed by atoms with E-state index in [2.05, 4.69) is 5.32 Å². The van der Waals surface area contributed by atoms with Gasteiger partial charge in [0.1, 0.15) is 5.69 Å². The predicted octanol–water partition coefficient (Wildman–Crippen LogP) is 1.67. The number of anilines is 1. The van der Waals surface area contributed by atoms with Gasteiger partial charge in [0, 0.05) is 19.6 Å². The average molecular weight is 257 g/mol. The van der Waals surface area contributed by atoms with E-state index >= 15 is 0 Å². The third kappa shape index (κ3) is 2.26. The summed E-state index contributed by atoms with van der Waals surface area (Å²) in [4.78, 5) is 11.2. The molecule has 1 aliphatic heterocycles. The van der Waals surface area contributed by atoms with Gasteiger partial charge in [-0.3, -0.25) is 10.1 Å². The Morgan fingerprint density at radius 1 is 1.44 bits per heavy atom. The molecule has 7 heteroatoms. The van der Waals surface area contributed by atoms with Crippen molar-refractivity contribution in [2.24, 2.45) is 0 Å². The van der Waals surface area contributed by atoms with E-state index < -0.39 is 22.2 Å². The van der Waals surface area contributed by atoms with Gasteiger partial charge in [-0.25, -0.2) is 8.78 Å². The minimum atomic E-state index is -0.906. The van der Waals surface area contributed by atoms with Crippen molar-refractivity contribution in [3.05, 3.63) is 33.9 Å². The zero-order chi connectivity index (χ0) is 13.3. The van der Waals surface area contributed by atoms with E-state index in [-0.39, 0.29) is 11.7 Å². The third-order valence-electron chi connectivity index (χ3n) is 3.15. The van der Waals surface area contributed by atoms with E-state index in [4.69, 9.17) is 0 Å². The van der Waals surface area contributed by atoms with Crippen molar-refractivity contribution in [3.8, 4) is 0 Å². The first kappa shape index (κ1) is 12.7. The number of hydrogen-bond donors (Lipinski definition) is 1. The highest BCUT2D eigenvalue weighted by molar-refractivity contribution is 5.54. The smallest absolute Gasteiger partial charge is 0.275 e. The summed E-state index contributed by atoms with van der Waals surface area (Å²) in [6.45, 7) is 1.44. The number of nitro benzene ring substituents is 1. The Morgan fingerprint density at radius 3 is 2.50 bits per heavy atom. The van der Waals surface area contributed by atoms with Crippen LogP contribution in [0.4, 0.5) is 20.2 Å². The minimum absolute atomic E-state index is 0.00421. The standard InChI is InChI=1S/C11H13F2N3O2/c1-15(7-2-3-14-6-7)11-9(12)4-8(16(17)18)5-10(11)13/h4-5,7,14H,2-3,6H2,1H3. The highest BCUT2D eigenvalue weighted by Crippen LogP contribution is 2.29. The van der Waals surface area contributed by atoms with E-state index in [0.717, 1.165) is 25.1 Å². The Labute approximate surface area is 103 Å². The lowest BCUT2D eigenvalue weighted by molar-refractivity contribution is -0.385. The molecule has 1 aromatic carbocycles. The number of nitrogens with one attached hydrogen (secondary N) is 1. The van der Waals surface area contributed by atoms with Gasteiger partial charge >= 0.3 is 0 Å². The van der Waals surface area contributed by atoms with Crippen LogP contribution in [0, 0.1) is 21.7 Å². The summed E-state index contributed by atoms with van der Waals surface area (Å²) in [7, 11) is 1.59. The van der Waals surface area contributed by atoms with Gasteiger partial charge in [0.05, 0.1) is 17.1 Å². The number of likely N-dealkylation sites (N-methyl/N-ethyl adjacent to an activating group) is 1. The Hall–Kier alpha value is -1.76. The van der Waals surface area contributed by atoms with Crippen molar-refractivity contribution in [2.75, 3.05) is 25.0 Å². The molecule has 0 saturated carbocycles. The molecule has 1 aliphatic rings. The van der Waals surface area contributed by atoms with Gasteiger partial charge in [-0.2, -0.15) is 0 Å². The summed E-state index contributed by atoms with van der Waals surface area (Å²) in [5.74, 6) is -1.81. The second-order valence-corrected chi connectivity index (χ2v) is 4.27. The number of hydrogen-bond acceptors (Lipinski definition) is 4. The summed E-state index contributed by atoms with van der Waals surface area (Å²) in [5, 5.41) is 13.6. The monoisotopic (exact) mass is 257 g/mol. The largest absolute Gasteiger partial charge is 0.366 e. The summed E-state index contributed by atoms with van der Waals surface area (Å²) in [6, 6.07) is 1.49. The Bertz CT molecular complexity index is 452. The van der Waals surface area contributed by atoms with Crippen molar-refractivity contribution >= 4 is 11.4 Å². The lowest BCUT2D eigenvalue weighted by atomic mass is 10.1. The molecule has 1 atom stereocenters. The maximum Gasteiger partial charge on any atom is 0.275 e. The summed E-state index contributed by atoms with van der Waals surface area (Å²) < 4.78 is 27.5. The maximum absolute atomic E-state index is 13.8. The molecule has 0 spiro atoms. The zero-order valence-corrected chi connectivity index (χ0v) is 9.82. The summed E-state index contributed by atoms with van der Waals surface area (Å²) in [6.07, 6.45) is 0.784. The molecule has 1 N–H and O–H groups in total. The quantitative estimate of drug-likeness (QED) is 0.661. The number of non-ortho nitro benzene ring substituents is 1. The highest BCUT2D eigenvalue weighted by atomic mass is 19.1. The molecule has 2 rings (SSSR count). The fraction of sp³-hybridized carbons (Fsp3) is 0.455. The average Bonchev–Trinajstić information content (AvgIpc) is 2.80. The van der Waals surface area contributed by atoms with Crippen LogP contribution in [0.2, 0.25) is 0 Å². The fourth-order valence-electron chi connectivity index (χ4n) is 2.15. The minimum Gasteiger partial charge on any atom is -0.366 e. The van der Waals surface area contributed by atoms with Gasteiger partial charge in [-0.05, 0) is 13.0 Å². The molecule has 1 unspecified atom stereocenters. The molecule has 0 aliphatic carbocycles. The van der Waals surface area contributed by atoms with E-state index in [1.165, 1.54) is 4.90 Å². The zero-order valence-electron chi connectivity index (χ0n) is 9.82. The molecular formula is C11H13F2N3O2. The van der Waals surface area contributed by atoms with Gasteiger partial charge in [0.25, 0.3) is 5.69 Å². The molecule has 0 bridgehead atoms.